The van der Waals surface area contributed by atoms with Crippen LogP contribution in [-0.4, -0.2) is 85.9 Å². The van der Waals surface area contributed by atoms with Crippen molar-refractivity contribution in [1.29, 1.82) is 0 Å². The third kappa shape index (κ3) is 14.5. The minimum atomic E-state index is -1.25. The summed E-state index contributed by atoms with van der Waals surface area (Å²) in [6.45, 7) is 27.1. The molecule has 0 bridgehead atoms. The Morgan fingerprint density at radius 2 is 1.50 bits per heavy atom. The molecule has 0 heterocycles. The van der Waals surface area contributed by atoms with Gasteiger partial charge in [-0.25, -0.2) is 18.8 Å². The minimum Gasteiger partial charge on any atom is -0.446 e. The van der Waals surface area contributed by atoms with Crippen molar-refractivity contribution < 1.29 is 33.0 Å². The molecule has 11 heteroatoms. The summed E-state index contributed by atoms with van der Waals surface area (Å²) in [4.78, 5) is 40.0. The number of halogens is 1. The molecule has 4 aliphatic rings. The van der Waals surface area contributed by atoms with E-state index in [1.807, 2.05) is 27.7 Å². The molecule has 3 saturated carbocycles. The van der Waals surface area contributed by atoms with Crippen molar-refractivity contribution in [3.05, 3.63) is 11.6 Å². The molecule has 3 amide bonds. The topological polar surface area (TPSA) is 118 Å². The van der Waals surface area contributed by atoms with Gasteiger partial charge in [0, 0.05) is 32.6 Å². The molecule has 0 radical (unpaired) electrons. The third-order valence-electron chi connectivity index (χ3n) is 14.6. The minimum absolute atomic E-state index is 0.0317. The lowest BCUT2D eigenvalue weighted by Gasteiger charge is -2.58. The number of nitrogens with one attached hydrogen (secondary N) is 3. The monoisotopic (exact) mass is 847 g/mol. The van der Waals surface area contributed by atoms with Gasteiger partial charge < -0.3 is 35.1 Å². The van der Waals surface area contributed by atoms with Gasteiger partial charge in [0.25, 0.3) is 0 Å². The van der Waals surface area contributed by atoms with Crippen molar-refractivity contribution in [2.75, 3.05) is 39.3 Å². The van der Waals surface area contributed by atoms with Gasteiger partial charge in [0.2, 0.25) is 0 Å². The molecule has 0 spiro atoms. The van der Waals surface area contributed by atoms with Crippen molar-refractivity contribution >= 4 is 18.3 Å². The number of allylic oxidation sites excluding steroid dienone is 1. The maximum atomic E-state index is 14.5. The Labute approximate surface area is 364 Å². The molecular weight excluding hydrogens is 760 g/mol. The average molecular weight is 847 g/mol. The number of hydrogen-bond donors (Lipinski definition) is 3. The van der Waals surface area contributed by atoms with Gasteiger partial charge in [-0.2, -0.15) is 0 Å². The lowest BCUT2D eigenvalue weighted by Crippen LogP contribution is -2.51. The highest BCUT2D eigenvalue weighted by atomic mass is 19.1. The van der Waals surface area contributed by atoms with Crippen LogP contribution in [-0.2, 0) is 14.2 Å². The maximum absolute atomic E-state index is 14.5. The standard InChI is InChI=1S/C49H87FN4O6/c1-33(2)16-15-17-35(4)40-20-21-41-39-19-18-36-28-38(22-24-48(36,11)42(39)23-25-49(40,41)12)58-45(57)54(32-34(3)29-52-43(55)59-46(5,6)7)27-14-13-26-51-30-37(50)31-53-44(56)60-47(8,9)10/h18,33-35,37-42,51H,13-17,19-32H2,1-12H3,(H,52,55)(H,53,56)/t34?,35-,37?,38+,39+,40-,41+,42+,48+,49-/m1/s1. The number of hydrogen-bond acceptors (Lipinski definition) is 7. The number of amides is 3. The highest BCUT2D eigenvalue weighted by molar-refractivity contribution is 5.69. The maximum Gasteiger partial charge on any atom is 0.410 e. The van der Waals surface area contributed by atoms with Crippen LogP contribution < -0.4 is 16.0 Å². The number of alkyl halides is 1. The van der Waals surface area contributed by atoms with E-state index in [-0.39, 0.29) is 36.6 Å². The second kappa shape index (κ2) is 21.7. The lowest BCUT2D eigenvalue weighted by atomic mass is 9.47. The first-order valence-corrected chi connectivity index (χ1v) is 23.9. The van der Waals surface area contributed by atoms with E-state index < -0.39 is 29.6 Å². The molecule has 10 nitrogen and oxygen atoms in total. The molecule has 10 atom stereocenters. The van der Waals surface area contributed by atoms with E-state index in [2.05, 4.69) is 56.6 Å². The zero-order chi connectivity index (χ0) is 44.5. The highest BCUT2D eigenvalue weighted by Gasteiger charge is 2.59. The Kier molecular flexibility index (Phi) is 18.1. The molecule has 3 N–H and O–H groups in total. The number of ether oxygens (including phenoxy) is 3. The van der Waals surface area contributed by atoms with Gasteiger partial charge in [-0.05, 0) is 158 Å². The zero-order valence-electron chi connectivity index (χ0n) is 40.0. The van der Waals surface area contributed by atoms with Crippen LogP contribution >= 0.6 is 0 Å². The summed E-state index contributed by atoms with van der Waals surface area (Å²) in [5, 5.41) is 8.46. The Bertz CT molecular complexity index is 1430. The van der Waals surface area contributed by atoms with Gasteiger partial charge in [0.05, 0.1) is 6.54 Å². The van der Waals surface area contributed by atoms with E-state index >= 15 is 0 Å². The molecule has 2 unspecified atom stereocenters. The van der Waals surface area contributed by atoms with Crippen LogP contribution in [0.1, 0.15) is 167 Å². The van der Waals surface area contributed by atoms with E-state index in [0.717, 1.165) is 61.7 Å². The normalized spacial score (nSPS) is 29.2. The molecule has 3 fully saturated rings. The molecule has 0 saturated heterocycles. The summed E-state index contributed by atoms with van der Waals surface area (Å²) in [7, 11) is 0. The van der Waals surface area contributed by atoms with Gasteiger partial charge in [0.15, 0.2) is 0 Å². The number of rotatable bonds is 19. The van der Waals surface area contributed by atoms with Crippen LogP contribution in [0.2, 0.25) is 0 Å². The first-order valence-electron chi connectivity index (χ1n) is 23.9. The van der Waals surface area contributed by atoms with Gasteiger partial charge in [-0.3, -0.25) is 0 Å². The summed E-state index contributed by atoms with van der Waals surface area (Å²) in [6, 6.07) is 0. The molecule has 4 rings (SSSR count). The fourth-order valence-electron chi connectivity index (χ4n) is 11.6. The van der Waals surface area contributed by atoms with Crippen LogP contribution in [0.4, 0.5) is 18.8 Å². The number of carbonyl (C=O) groups excluding carboxylic acids is 3. The quantitative estimate of drug-likeness (QED) is 0.0673. The third-order valence-corrected chi connectivity index (χ3v) is 14.6. The van der Waals surface area contributed by atoms with Crippen LogP contribution in [0.3, 0.4) is 0 Å². The Hall–Kier alpha value is -2.56. The van der Waals surface area contributed by atoms with Crippen molar-refractivity contribution in [3.8, 4) is 0 Å². The van der Waals surface area contributed by atoms with E-state index in [9.17, 15) is 18.8 Å². The van der Waals surface area contributed by atoms with Gasteiger partial charge in [-0.1, -0.05) is 72.5 Å². The van der Waals surface area contributed by atoms with Crippen LogP contribution in [0.5, 0.6) is 0 Å². The van der Waals surface area contributed by atoms with Crippen molar-refractivity contribution in [3.63, 3.8) is 0 Å². The average Bonchev–Trinajstić information content (AvgIpc) is 3.50. The molecule has 0 aromatic carbocycles. The smallest absolute Gasteiger partial charge is 0.410 e. The Balaban J connectivity index is 1.31. The van der Waals surface area contributed by atoms with Crippen molar-refractivity contribution in [2.45, 2.75) is 190 Å². The van der Waals surface area contributed by atoms with E-state index in [1.54, 1.807) is 25.7 Å². The SMILES string of the molecule is CC(C)CCC[C@@H](C)[C@H]1CC[C@H]2[C@@H]3CC=C4C[C@@H](OC(=O)N(CCCCNCC(F)CNC(=O)OC(C)(C)C)CC(C)CNC(=O)OC(C)(C)C)CC[C@]4(C)[C@H]3CC[C@]12C. The van der Waals surface area contributed by atoms with Gasteiger partial charge >= 0.3 is 18.3 Å². The molecular formula is C49H87FN4O6. The number of nitrogens with zero attached hydrogens (tertiary/aromatic N) is 1. The lowest BCUT2D eigenvalue weighted by molar-refractivity contribution is -0.0594. The van der Waals surface area contributed by atoms with Crippen LogP contribution in [0.25, 0.3) is 0 Å². The molecule has 60 heavy (non-hydrogen) atoms. The summed E-state index contributed by atoms with van der Waals surface area (Å²) in [5.41, 5.74) is 0.906. The van der Waals surface area contributed by atoms with Gasteiger partial charge in [-0.15, -0.1) is 0 Å². The zero-order valence-corrected chi connectivity index (χ0v) is 40.0. The van der Waals surface area contributed by atoms with Crippen LogP contribution in [0.15, 0.2) is 11.6 Å². The fourth-order valence-corrected chi connectivity index (χ4v) is 11.6. The fraction of sp³-hybridized carbons (Fsp3) is 0.898. The molecule has 0 aromatic rings. The van der Waals surface area contributed by atoms with Crippen LogP contribution in [0, 0.1) is 52.3 Å². The predicted molar refractivity (Wildman–Crippen MR) is 240 cm³/mol. The number of unbranched alkanes of at least 4 members (excludes halogenated alkanes) is 1. The Morgan fingerprint density at radius 3 is 2.15 bits per heavy atom. The van der Waals surface area contributed by atoms with Crippen molar-refractivity contribution in [2.24, 2.45) is 52.3 Å². The number of alkyl carbamates (subject to hydrolysis) is 2. The second-order valence-electron chi connectivity index (χ2n) is 22.4. The number of fused-ring (bicyclic) bond motifs is 5. The first-order chi connectivity index (χ1) is 28.0. The summed E-state index contributed by atoms with van der Waals surface area (Å²) < 4.78 is 31.4. The predicted octanol–water partition coefficient (Wildman–Crippen LogP) is 11.2. The summed E-state index contributed by atoms with van der Waals surface area (Å²) in [6.07, 6.45) is 14.6. The van der Waals surface area contributed by atoms with Gasteiger partial charge in [0.1, 0.15) is 23.5 Å². The van der Waals surface area contributed by atoms with E-state index in [0.29, 0.717) is 43.9 Å². The molecule has 4 aliphatic carbocycles. The first kappa shape index (κ1) is 50.1. The van der Waals surface area contributed by atoms with E-state index in [4.69, 9.17) is 14.2 Å². The Morgan fingerprint density at radius 1 is 0.833 bits per heavy atom. The number of carbonyl (C=O) groups is 3. The summed E-state index contributed by atoms with van der Waals surface area (Å²) >= 11 is 0. The summed E-state index contributed by atoms with van der Waals surface area (Å²) in [5.74, 6) is 4.69. The second-order valence-corrected chi connectivity index (χ2v) is 22.4. The molecule has 0 aromatic heterocycles. The molecule has 346 valence electrons. The van der Waals surface area contributed by atoms with E-state index in [1.165, 1.54) is 50.5 Å². The highest BCUT2D eigenvalue weighted by Crippen LogP contribution is 2.67. The van der Waals surface area contributed by atoms with Crippen molar-refractivity contribution in [1.82, 2.24) is 20.9 Å². The molecule has 0 aliphatic heterocycles. The largest absolute Gasteiger partial charge is 0.446 e.